The van der Waals surface area contributed by atoms with Gasteiger partial charge >= 0.3 is 6.09 Å². The highest BCUT2D eigenvalue weighted by atomic mass is 32.2. The van der Waals surface area contributed by atoms with E-state index in [2.05, 4.69) is 19.2 Å². The van der Waals surface area contributed by atoms with Crippen molar-refractivity contribution in [3.05, 3.63) is 0 Å². The number of nitrogens with one attached hydrogen (secondary N) is 1. The van der Waals surface area contributed by atoms with Gasteiger partial charge in [-0.15, -0.1) is 11.8 Å². The summed E-state index contributed by atoms with van der Waals surface area (Å²) in [5, 5.41) is 3.24. The molecule has 0 fully saturated rings. The van der Waals surface area contributed by atoms with Crippen molar-refractivity contribution in [2.24, 2.45) is 5.41 Å². The van der Waals surface area contributed by atoms with E-state index in [1.54, 1.807) is 11.8 Å². The van der Waals surface area contributed by atoms with Crippen LogP contribution < -0.4 is 5.32 Å². The van der Waals surface area contributed by atoms with E-state index in [0.29, 0.717) is 17.6 Å². The number of rotatable bonds is 8. The lowest BCUT2D eigenvalue weighted by Gasteiger charge is -2.25. The van der Waals surface area contributed by atoms with Gasteiger partial charge in [0.05, 0.1) is 5.25 Å². The predicted octanol–water partition coefficient (Wildman–Crippen LogP) is 4.81. The average Bonchev–Trinajstić information content (AvgIpc) is 2.32. The van der Waals surface area contributed by atoms with Gasteiger partial charge in [0.1, 0.15) is 5.60 Å². The molecule has 5 heteroatoms. The molecule has 4 nitrogen and oxygen atoms in total. The predicted molar refractivity (Wildman–Crippen MR) is 99.1 cm³/mol. The molecule has 1 N–H and O–H groups in total. The molecule has 136 valence electrons. The van der Waals surface area contributed by atoms with Crippen LogP contribution in [0.2, 0.25) is 0 Å². The number of ketones is 1. The maximum atomic E-state index is 12.5. The maximum absolute atomic E-state index is 12.5. The van der Waals surface area contributed by atoms with Gasteiger partial charge in [0.15, 0.2) is 5.78 Å². The molecule has 0 aromatic heterocycles. The van der Waals surface area contributed by atoms with E-state index in [-0.39, 0.29) is 16.8 Å². The summed E-state index contributed by atoms with van der Waals surface area (Å²) >= 11 is 1.75. The number of amides is 1. The highest BCUT2D eigenvalue weighted by Gasteiger charge is 2.30. The number of thioether (sulfide) groups is 1. The average molecular weight is 346 g/mol. The van der Waals surface area contributed by atoms with Crippen LogP contribution in [0.15, 0.2) is 0 Å². The van der Waals surface area contributed by atoms with Crippen LogP contribution in [0.25, 0.3) is 0 Å². The summed E-state index contributed by atoms with van der Waals surface area (Å²) in [6.07, 6.45) is 2.25. The van der Waals surface area contributed by atoms with Crippen molar-refractivity contribution in [2.75, 3.05) is 6.54 Å². The first-order valence-electron chi connectivity index (χ1n) is 8.49. The molecule has 1 atom stereocenters. The number of unbranched alkanes of at least 4 members (excludes halogenated alkanes) is 1. The minimum atomic E-state index is -0.470. The van der Waals surface area contributed by atoms with E-state index in [1.165, 1.54) is 0 Å². The summed E-state index contributed by atoms with van der Waals surface area (Å²) in [5.41, 5.74) is -0.774. The van der Waals surface area contributed by atoms with Crippen LogP contribution >= 0.6 is 11.8 Å². The molecule has 23 heavy (non-hydrogen) atoms. The molecular formula is C18H35NO3S. The van der Waals surface area contributed by atoms with Crippen molar-refractivity contribution >= 4 is 23.6 Å². The number of carbonyl (C=O) groups is 2. The van der Waals surface area contributed by atoms with Crippen LogP contribution in [0.5, 0.6) is 0 Å². The topological polar surface area (TPSA) is 55.4 Å². The largest absolute Gasteiger partial charge is 0.444 e. The standard InChI is InChI=1S/C18H35NO3S/c1-13(2)23-14(15(20)17(3,4)5)11-9-10-12-19-16(21)22-18(6,7)8/h13-14H,9-12H2,1-8H3,(H,19,21)/t14-/m0/s1. The molecule has 0 aliphatic heterocycles. The fraction of sp³-hybridized carbons (Fsp3) is 0.889. The van der Waals surface area contributed by atoms with Crippen molar-refractivity contribution in [3.63, 3.8) is 0 Å². The van der Waals surface area contributed by atoms with E-state index in [0.717, 1.165) is 19.3 Å². The smallest absolute Gasteiger partial charge is 0.407 e. The first kappa shape index (κ1) is 22.3. The molecule has 0 heterocycles. The van der Waals surface area contributed by atoms with Gasteiger partial charge in [-0.05, 0) is 38.9 Å². The maximum Gasteiger partial charge on any atom is 0.407 e. The summed E-state index contributed by atoms with van der Waals surface area (Å²) in [6.45, 7) is 16.3. The van der Waals surface area contributed by atoms with Crippen LogP contribution in [0.3, 0.4) is 0 Å². The van der Waals surface area contributed by atoms with E-state index in [9.17, 15) is 9.59 Å². The van der Waals surface area contributed by atoms with Gasteiger partial charge in [-0.2, -0.15) is 0 Å². The Bertz CT molecular complexity index is 381. The van der Waals surface area contributed by atoms with Gasteiger partial charge in [-0.3, -0.25) is 4.79 Å². The molecule has 0 aromatic rings. The Morgan fingerprint density at radius 1 is 1.04 bits per heavy atom. The molecule has 0 aliphatic carbocycles. The third-order valence-electron chi connectivity index (χ3n) is 3.03. The van der Waals surface area contributed by atoms with Crippen LogP contribution in [-0.4, -0.2) is 34.5 Å². The zero-order chi connectivity index (χ0) is 18.3. The first-order valence-corrected chi connectivity index (χ1v) is 9.44. The molecule has 0 bridgehead atoms. The molecule has 0 radical (unpaired) electrons. The zero-order valence-corrected chi connectivity index (χ0v) is 16.9. The van der Waals surface area contributed by atoms with Crippen LogP contribution in [-0.2, 0) is 9.53 Å². The van der Waals surface area contributed by atoms with Crippen LogP contribution in [0.4, 0.5) is 4.79 Å². The van der Waals surface area contributed by atoms with Crippen molar-refractivity contribution in [1.29, 1.82) is 0 Å². The monoisotopic (exact) mass is 345 g/mol. The van der Waals surface area contributed by atoms with Gasteiger partial charge in [-0.25, -0.2) is 4.79 Å². The SMILES string of the molecule is CC(C)S[C@@H](CCCCNC(=O)OC(C)(C)C)C(=O)C(C)(C)C. The summed E-state index contributed by atoms with van der Waals surface area (Å²) in [5.74, 6) is 0.316. The summed E-state index contributed by atoms with van der Waals surface area (Å²) in [6, 6.07) is 0. The lowest BCUT2D eigenvalue weighted by molar-refractivity contribution is -0.125. The van der Waals surface area contributed by atoms with E-state index in [4.69, 9.17) is 4.74 Å². The van der Waals surface area contributed by atoms with Gasteiger partial charge in [0.2, 0.25) is 0 Å². The van der Waals surface area contributed by atoms with Crippen LogP contribution in [0, 0.1) is 5.41 Å². The van der Waals surface area contributed by atoms with Gasteiger partial charge < -0.3 is 10.1 Å². The third-order valence-corrected chi connectivity index (χ3v) is 4.35. The van der Waals surface area contributed by atoms with Gasteiger partial charge in [0, 0.05) is 12.0 Å². The number of alkyl carbamates (subject to hydrolysis) is 1. The van der Waals surface area contributed by atoms with Crippen molar-refractivity contribution in [1.82, 2.24) is 5.32 Å². The minimum Gasteiger partial charge on any atom is -0.444 e. The fourth-order valence-electron chi connectivity index (χ4n) is 2.03. The van der Waals surface area contributed by atoms with E-state index < -0.39 is 5.60 Å². The Morgan fingerprint density at radius 2 is 1.61 bits per heavy atom. The molecule has 0 saturated carbocycles. The second-order valence-corrected chi connectivity index (χ2v) is 10.00. The Hall–Kier alpha value is -0.710. The molecule has 0 saturated heterocycles. The Kier molecular flexibility index (Phi) is 9.26. The minimum absolute atomic E-state index is 0.0385. The second-order valence-electron chi connectivity index (χ2n) is 8.21. The van der Waals surface area contributed by atoms with Crippen LogP contribution in [0.1, 0.15) is 74.7 Å². The lowest BCUT2D eigenvalue weighted by atomic mass is 9.87. The quantitative estimate of drug-likeness (QED) is 0.642. The van der Waals surface area contributed by atoms with E-state index >= 15 is 0 Å². The normalized spacial score (nSPS) is 13.8. The molecule has 1 amide bonds. The summed E-state index contributed by atoms with van der Waals surface area (Å²) < 4.78 is 5.19. The Morgan fingerprint density at radius 3 is 2.04 bits per heavy atom. The second kappa shape index (κ2) is 9.55. The Balaban J connectivity index is 4.19. The highest BCUT2D eigenvalue weighted by Crippen LogP contribution is 2.29. The summed E-state index contributed by atoms with van der Waals surface area (Å²) in [4.78, 5) is 24.1. The number of carbonyl (C=O) groups excluding carboxylic acids is 2. The molecule has 0 aromatic carbocycles. The molecule has 0 unspecified atom stereocenters. The number of hydrogen-bond donors (Lipinski definition) is 1. The van der Waals surface area contributed by atoms with E-state index in [1.807, 2.05) is 41.5 Å². The summed E-state index contributed by atoms with van der Waals surface area (Å²) in [7, 11) is 0. The fourth-order valence-corrected chi connectivity index (χ4v) is 3.47. The number of ether oxygens (including phenoxy) is 1. The molecular weight excluding hydrogens is 310 g/mol. The molecule has 0 rings (SSSR count). The van der Waals surface area contributed by atoms with Gasteiger partial charge in [0.25, 0.3) is 0 Å². The molecule has 0 aliphatic rings. The van der Waals surface area contributed by atoms with Gasteiger partial charge in [-0.1, -0.05) is 41.0 Å². The Labute approximate surface area is 146 Å². The van der Waals surface area contributed by atoms with Crippen molar-refractivity contribution in [3.8, 4) is 0 Å². The lowest BCUT2D eigenvalue weighted by Crippen LogP contribution is -2.33. The van der Waals surface area contributed by atoms with Crippen molar-refractivity contribution < 1.29 is 14.3 Å². The zero-order valence-electron chi connectivity index (χ0n) is 16.1. The number of Topliss-reactive ketones (excluding diaryl/α,β-unsaturated/α-hetero) is 1. The third kappa shape index (κ3) is 11.5. The van der Waals surface area contributed by atoms with Crippen molar-refractivity contribution in [2.45, 2.75) is 90.8 Å². The first-order chi connectivity index (χ1) is 10.3. The number of hydrogen-bond acceptors (Lipinski definition) is 4. The molecule has 0 spiro atoms. The highest BCUT2D eigenvalue weighted by molar-refractivity contribution is 8.01.